The summed E-state index contributed by atoms with van der Waals surface area (Å²) in [5, 5.41) is 0.748. The minimum Gasteiger partial charge on any atom is -0.461 e. The number of hydrogen-bond donors (Lipinski definition) is 0. The summed E-state index contributed by atoms with van der Waals surface area (Å²) in [6.07, 6.45) is 20.8. The minimum atomic E-state index is 0.427. The predicted octanol–water partition coefficient (Wildman–Crippen LogP) is 9.95. The molecule has 0 radical (unpaired) electrons. The SMILES string of the molecule is C=C1OC2=C(c3cc(Cl)cc(-c4cccc(CC)c4CCC)c3)C=CC(C/C=C\1C1=CCCC=C1)C2. The van der Waals surface area contributed by atoms with Crippen molar-refractivity contribution in [3.8, 4) is 11.1 Å². The van der Waals surface area contributed by atoms with Crippen molar-refractivity contribution < 1.29 is 4.74 Å². The first-order valence-electron chi connectivity index (χ1n) is 13.3. The zero-order valence-corrected chi connectivity index (χ0v) is 22.2. The molecule has 2 aliphatic carbocycles. The number of benzene rings is 2. The van der Waals surface area contributed by atoms with Crippen LogP contribution in [0, 0.1) is 5.92 Å². The van der Waals surface area contributed by atoms with Crippen LogP contribution in [0.3, 0.4) is 0 Å². The Balaban J connectivity index is 1.55. The Morgan fingerprint density at radius 1 is 1.03 bits per heavy atom. The third kappa shape index (κ3) is 5.08. The van der Waals surface area contributed by atoms with Crippen LogP contribution in [0.25, 0.3) is 16.7 Å². The number of ether oxygens (including phenoxy) is 1. The van der Waals surface area contributed by atoms with Crippen LogP contribution in [0.4, 0.5) is 0 Å². The predicted molar refractivity (Wildman–Crippen MR) is 154 cm³/mol. The van der Waals surface area contributed by atoms with E-state index in [1.165, 1.54) is 27.8 Å². The van der Waals surface area contributed by atoms with Crippen molar-refractivity contribution in [1.29, 1.82) is 0 Å². The van der Waals surface area contributed by atoms with Crippen LogP contribution in [-0.2, 0) is 17.6 Å². The van der Waals surface area contributed by atoms with E-state index in [2.05, 4.69) is 93.3 Å². The van der Waals surface area contributed by atoms with E-state index in [1.807, 2.05) is 0 Å². The van der Waals surface area contributed by atoms with Gasteiger partial charge in [-0.05, 0) is 89.6 Å². The molecule has 0 saturated heterocycles. The van der Waals surface area contributed by atoms with Gasteiger partial charge in [-0.1, -0.05) is 93.1 Å². The molecule has 2 bridgehead atoms. The summed E-state index contributed by atoms with van der Waals surface area (Å²) in [4.78, 5) is 0. The highest BCUT2D eigenvalue weighted by molar-refractivity contribution is 6.31. The van der Waals surface area contributed by atoms with E-state index in [0.29, 0.717) is 5.92 Å². The van der Waals surface area contributed by atoms with Crippen LogP contribution in [0.15, 0.2) is 102 Å². The van der Waals surface area contributed by atoms with E-state index < -0.39 is 0 Å². The van der Waals surface area contributed by atoms with Crippen molar-refractivity contribution in [2.75, 3.05) is 0 Å². The second-order valence-corrected chi connectivity index (χ2v) is 10.4. The molecule has 2 aromatic carbocycles. The molecule has 3 aliphatic rings. The highest BCUT2D eigenvalue weighted by Crippen LogP contribution is 2.40. The van der Waals surface area contributed by atoms with E-state index in [-0.39, 0.29) is 0 Å². The van der Waals surface area contributed by atoms with Crippen molar-refractivity contribution in [2.24, 2.45) is 5.92 Å². The topological polar surface area (TPSA) is 9.23 Å². The molecule has 1 atom stereocenters. The number of halogens is 1. The van der Waals surface area contributed by atoms with Gasteiger partial charge in [-0.25, -0.2) is 0 Å². The molecule has 0 aromatic heterocycles. The van der Waals surface area contributed by atoms with Crippen LogP contribution < -0.4 is 0 Å². The van der Waals surface area contributed by atoms with Gasteiger partial charge in [0.2, 0.25) is 0 Å². The molecule has 1 nitrogen and oxygen atoms in total. The normalized spacial score (nSPS) is 20.9. The van der Waals surface area contributed by atoms with E-state index in [1.54, 1.807) is 0 Å². The van der Waals surface area contributed by atoms with Crippen LogP contribution >= 0.6 is 11.6 Å². The van der Waals surface area contributed by atoms with Gasteiger partial charge in [-0.15, -0.1) is 0 Å². The molecule has 1 heterocycles. The smallest absolute Gasteiger partial charge is 0.127 e. The highest BCUT2D eigenvalue weighted by Gasteiger charge is 2.24. The van der Waals surface area contributed by atoms with Gasteiger partial charge in [0.1, 0.15) is 11.5 Å². The van der Waals surface area contributed by atoms with E-state index in [0.717, 1.165) is 78.2 Å². The molecule has 0 N–H and O–H groups in total. The fourth-order valence-electron chi connectivity index (χ4n) is 5.62. The van der Waals surface area contributed by atoms with Gasteiger partial charge < -0.3 is 4.74 Å². The maximum Gasteiger partial charge on any atom is 0.127 e. The number of aryl methyl sites for hydroxylation is 1. The molecular formula is C34H35ClO. The Morgan fingerprint density at radius 2 is 1.89 bits per heavy atom. The number of allylic oxidation sites excluding steroid dienone is 9. The lowest BCUT2D eigenvalue weighted by Gasteiger charge is -2.27. The van der Waals surface area contributed by atoms with E-state index in [4.69, 9.17) is 16.3 Å². The van der Waals surface area contributed by atoms with Crippen LogP contribution in [0.1, 0.15) is 62.6 Å². The van der Waals surface area contributed by atoms with Crippen molar-refractivity contribution in [3.63, 3.8) is 0 Å². The molecule has 36 heavy (non-hydrogen) atoms. The monoisotopic (exact) mass is 494 g/mol. The molecule has 5 rings (SSSR count). The summed E-state index contributed by atoms with van der Waals surface area (Å²) in [5.74, 6) is 2.15. The maximum absolute atomic E-state index is 6.74. The average Bonchev–Trinajstić information content (AvgIpc) is 2.89. The zero-order valence-electron chi connectivity index (χ0n) is 21.4. The summed E-state index contributed by atoms with van der Waals surface area (Å²) >= 11 is 6.74. The van der Waals surface area contributed by atoms with E-state index >= 15 is 0 Å². The number of fused-ring (bicyclic) bond motifs is 2. The lowest BCUT2D eigenvalue weighted by molar-refractivity contribution is 0.286. The Hall–Kier alpha value is -3.03. The summed E-state index contributed by atoms with van der Waals surface area (Å²) in [7, 11) is 0. The summed E-state index contributed by atoms with van der Waals surface area (Å²) in [6, 6.07) is 13.1. The Bertz CT molecular complexity index is 1330. The highest BCUT2D eigenvalue weighted by atomic mass is 35.5. The second kappa shape index (κ2) is 10.9. The Kier molecular flexibility index (Phi) is 7.48. The molecule has 0 spiro atoms. The summed E-state index contributed by atoms with van der Waals surface area (Å²) in [6.45, 7) is 8.81. The van der Waals surface area contributed by atoms with E-state index in [9.17, 15) is 0 Å². The third-order valence-electron chi connectivity index (χ3n) is 7.43. The third-order valence-corrected chi connectivity index (χ3v) is 7.65. The van der Waals surface area contributed by atoms with Gasteiger partial charge in [0.25, 0.3) is 0 Å². The van der Waals surface area contributed by atoms with Gasteiger partial charge in [0, 0.05) is 22.6 Å². The molecule has 0 fully saturated rings. The average molecular weight is 495 g/mol. The van der Waals surface area contributed by atoms with Crippen LogP contribution in [0.2, 0.25) is 5.02 Å². The number of rotatable bonds is 6. The summed E-state index contributed by atoms with van der Waals surface area (Å²) in [5.41, 5.74) is 9.86. The van der Waals surface area contributed by atoms with Gasteiger partial charge in [-0.2, -0.15) is 0 Å². The fourth-order valence-corrected chi connectivity index (χ4v) is 5.85. The van der Waals surface area contributed by atoms with Gasteiger partial charge >= 0.3 is 0 Å². The minimum absolute atomic E-state index is 0.427. The quantitative estimate of drug-likeness (QED) is 0.388. The lowest BCUT2D eigenvalue weighted by atomic mass is 9.85. The lowest BCUT2D eigenvalue weighted by Crippen LogP contribution is -2.12. The van der Waals surface area contributed by atoms with Gasteiger partial charge in [0.15, 0.2) is 0 Å². The van der Waals surface area contributed by atoms with Crippen molar-refractivity contribution in [3.05, 3.63) is 124 Å². The second-order valence-electron chi connectivity index (χ2n) is 9.95. The molecule has 2 heteroatoms. The summed E-state index contributed by atoms with van der Waals surface area (Å²) < 4.78 is 6.53. The van der Waals surface area contributed by atoms with Gasteiger partial charge in [-0.3, -0.25) is 0 Å². The molecule has 184 valence electrons. The Morgan fingerprint density at radius 3 is 2.67 bits per heavy atom. The standard InChI is InChI=1S/C34H35ClO/c1-4-10-31-25(5-2)13-9-14-32(31)27-20-28(22-29(35)21-27)33-18-16-24-15-17-30(23(3)36-34(33)19-24)26-11-7-6-8-12-26/h7,9,11-14,16-18,20-22,24H,3-6,8,10,15,19H2,1-2H3/b30-17+. The van der Waals surface area contributed by atoms with Crippen LogP contribution in [0.5, 0.6) is 0 Å². The largest absolute Gasteiger partial charge is 0.461 e. The fraction of sp³-hybridized carbons (Fsp3) is 0.294. The van der Waals surface area contributed by atoms with Crippen molar-refractivity contribution >= 4 is 17.2 Å². The molecule has 1 aliphatic heterocycles. The first-order chi connectivity index (χ1) is 17.6. The molecule has 0 amide bonds. The number of hydrogen-bond acceptors (Lipinski definition) is 1. The first kappa shape index (κ1) is 24.7. The molecule has 1 unspecified atom stereocenters. The van der Waals surface area contributed by atoms with Crippen molar-refractivity contribution in [1.82, 2.24) is 0 Å². The molecular weight excluding hydrogens is 460 g/mol. The zero-order chi connectivity index (χ0) is 25.1. The Labute approximate surface area is 221 Å². The van der Waals surface area contributed by atoms with Gasteiger partial charge in [0.05, 0.1) is 0 Å². The first-order valence-corrected chi connectivity index (χ1v) is 13.7. The molecule has 2 aromatic rings. The molecule has 0 saturated carbocycles. The van der Waals surface area contributed by atoms with Crippen LogP contribution in [-0.4, -0.2) is 0 Å². The maximum atomic E-state index is 6.74. The van der Waals surface area contributed by atoms with Crippen molar-refractivity contribution in [2.45, 2.75) is 58.8 Å².